The summed E-state index contributed by atoms with van der Waals surface area (Å²) in [5.74, 6) is 0.529. The third-order valence-electron chi connectivity index (χ3n) is 3.18. The fraction of sp³-hybridized carbons (Fsp3) is 0.500. The van der Waals surface area contributed by atoms with E-state index >= 15 is 0 Å². The molecule has 1 aliphatic rings. The zero-order valence-electron chi connectivity index (χ0n) is 9.38. The first-order valence-electron chi connectivity index (χ1n) is 5.62. The van der Waals surface area contributed by atoms with Crippen molar-refractivity contribution < 1.29 is 4.79 Å². The maximum absolute atomic E-state index is 11.9. The Balaban J connectivity index is 1.92. The molecule has 0 saturated heterocycles. The van der Waals surface area contributed by atoms with Crippen LogP contribution in [0.5, 0.6) is 0 Å². The lowest BCUT2D eigenvalue weighted by molar-refractivity contribution is 0.0938. The third-order valence-corrected chi connectivity index (χ3v) is 4.01. The summed E-state index contributed by atoms with van der Waals surface area (Å²) in [6.45, 7) is 0.696. The summed E-state index contributed by atoms with van der Waals surface area (Å²) >= 11 is 9.07. The summed E-state index contributed by atoms with van der Waals surface area (Å²) in [6.07, 6.45) is 4.90. The Morgan fingerprint density at radius 3 is 2.94 bits per heavy atom. The summed E-state index contributed by atoms with van der Waals surface area (Å²) in [4.78, 5) is 16.0. The Hall–Kier alpha value is -0.610. The molecule has 1 aromatic heterocycles. The van der Waals surface area contributed by atoms with Crippen molar-refractivity contribution in [1.29, 1.82) is 0 Å². The molecule has 1 N–H and O–H groups in total. The van der Waals surface area contributed by atoms with E-state index in [0.29, 0.717) is 18.1 Å². The molecule has 1 aromatic rings. The van der Waals surface area contributed by atoms with E-state index in [4.69, 9.17) is 11.6 Å². The minimum atomic E-state index is -0.127. The van der Waals surface area contributed by atoms with Crippen molar-refractivity contribution >= 4 is 33.4 Å². The highest BCUT2D eigenvalue weighted by atomic mass is 79.9. The number of halogens is 2. The van der Waals surface area contributed by atoms with Crippen LogP contribution in [0.4, 0.5) is 0 Å². The van der Waals surface area contributed by atoms with E-state index in [1.165, 1.54) is 0 Å². The molecule has 0 atom stereocenters. The van der Waals surface area contributed by atoms with E-state index < -0.39 is 0 Å². The zero-order chi connectivity index (χ0) is 12.3. The first-order chi connectivity index (χ1) is 8.17. The van der Waals surface area contributed by atoms with E-state index in [1.807, 2.05) is 6.07 Å². The first kappa shape index (κ1) is 12.8. The molecule has 1 amide bonds. The molecule has 5 heteroatoms. The number of hydrogen-bond acceptors (Lipinski definition) is 2. The van der Waals surface area contributed by atoms with Crippen molar-refractivity contribution in [3.8, 4) is 0 Å². The molecule has 1 saturated carbocycles. The highest BCUT2D eigenvalue weighted by Gasteiger charge is 2.41. The van der Waals surface area contributed by atoms with Crippen LogP contribution in [-0.4, -0.2) is 23.3 Å². The van der Waals surface area contributed by atoms with Gasteiger partial charge < -0.3 is 5.32 Å². The molecule has 2 rings (SSSR count). The normalized spacial score (nSPS) is 16.6. The van der Waals surface area contributed by atoms with Gasteiger partial charge in [-0.05, 0) is 52.7 Å². The Labute approximate surface area is 114 Å². The van der Waals surface area contributed by atoms with Crippen LogP contribution in [0, 0.1) is 5.41 Å². The van der Waals surface area contributed by atoms with Crippen LogP contribution in [0.1, 0.15) is 29.8 Å². The van der Waals surface area contributed by atoms with Gasteiger partial charge in [-0.15, -0.1) is 11.6 Å². The minimum Gasteiger partial charge on any atom is -0.350 e. The summed E-state index contributed by atoms with van der Waals surface area (Å²) in [7, 11) is 0. The molecule has 1 heterocycles. The monoisotopic (exact) mass is 316 g/mol. The number of amides is 1. The van der Waals surface area contributed by atoms with E-state index in [0.717, 1.165) is 23.7 Å². The molecule has 0 radical (unpaired) electrons. The van der Waals surface area contributed by atoms with Gasteiger partial charge in [-0.1, -0.05) is 0 Å². The quantitative estimate of drug-likeness (QED) is 0.848. The van der Waals surface area contributed by atoms with Crippen molar-refractivity contribution in [3.05, 3.63) is 28.5 Å². The Morgan fingerprint density at radius 2 is 2.35 bits per heavy atom. The fourth-order valence-corrected chi connectivity index (χ4v) is 2.63. The maximum Gasteiger partial charge on any atom is 0.271 e. The van der Waals surface area contributed by atoms with Crippen molar-refractivity contribution in [2.45, 2.75) is 19.3 Å². The Morgan fingerprint density at radius 1 is 1.59 bits per heavy atom. The second kappa shape index (κ2) is 5.36. The lowest BCUT2D eigenvalue weighted by atomic mass is 10.0. The van der Waals surface area contributed by atoms with Gasteiger partial charge in [0.25, 0.3) is 5.91 Å². The molecular formula is C12H14BrClN2O. The molecule has 0 aromatic carbocycles. The molecule has 17 heavy (non-hydrogen) atoms. The van der Waals surface area contributed by atoms with Gasteiger partial charge in [0.2, 0.25) is 0 Å². The molecular weight excluding hydrogens is 304 g/mol. The van der Waals surface area contributed by atoms with Crippen LogP contribution in [0.15, 0.2) is 22.8 Å². The first-order valence-corrected chi connectivity index (χ1v) is 6.94. The number of nitrogens with zero attached hydrogens (tertiary/aromatic N) is 1. The molecule has 1 fully saturated rings. The van der Waals surface area contributed by atoms with Crippen LogP contribution in [0.3, 0.4) is 0 Å². The number of alkyl halides is 1. The van der Waals surface area contributed by atoms with Crippen LogP contribution in [0.25, 0.3) is 0 Å². The number of hydrogen-bond donors (Lipinski definition) is 1. The largest absolute Gasteiger partial charge is 0.350 e. The summed E-state index contributed by atoms with van der Waals surface area (Å²) in [5, 5.41) is 2.94. The van der Waals surface area contributed by atoms with Gasteiger partial charge in [-0.25, -0.2) is 4.98 Å². The van der Waals surface area contributed by atoms with Crippen molar-refractivity contribution in [2.75, 3.05) is 12.4 Å². The van der Waals surface area contributed by atoms with Crippen LogP contribution in [0.2, 0.25) is 0 Å². The smallest absolute Gasteiger partial charge is 0.271 e. The second-order valence-corrected chi connectivity index (χ2v) is 5.69. The van der Waals surface area contributed by atoms with Gasteiger partial charge in [-0.3, -0.25) is 4.79 Å². The summed E-state index contributed by atoms with van der Waals surface area (Å²) in [6, 6.07) is 3.60. The molecule has 92 valence electrons. The third kappa shape index (κ3) is 3.19. The lowest BCUT2D eigenvalue weighted by Gasteiger charge is -2.14. The standard InChI is InChI=1S/C12H14BrClN2O/c13-9-2-1-7-15-10(9)11(17)16-8-12(3-4-12)5-6-14/h1-2,7H,3-6,8H2,(H,16,17). The molecule has 1 aliphatic carbocycles. The highest BCUT2D eigenvalue weighted by molar-refractivity contribution is 9.10. The number of pyridine rings is 1. The molecule has 0 spiro atoms. The van der Waals surface area contributed by atoms with Gasteiger partial charge in [0.15, 0.2) is 0 Å². The number of rotatable bonds is 5. The number of aromatic nitrogens is 1. The predicted molar refractivity (Wildman–Crippen MR) is 71.3 cm³/mol. The van der Waals surface area contributed by atoms with Gasteiger partial charge in [0, 0.05) is 23.1 Å². The maximum atomic E-state index is 11.9. The SMILES string of the molecule is O=C(NCC1(CCCl)CC1)c1ncccc1Br. The number of carbonyl (C=O) groups is 1. The second-order valence-electron chi connectivity index (χ2n) is 4.46. The average molecular weight is 318 g/mol. The zero-order valence-corrected chi connectivity index (χ0v) is 11.7. The predicted octanol–water partition coefficient (Wildman–Crippen LogP) is 2.98. The van der Waals surface area contributed by atoms with Crippen molar-refractivity contribution in [1.82, 2.24) is 10.3 Å². The van der Waals surface area contributed by atoms with E-state index in [9.17, 15) is 4.79 Å². The van der Waals surface area contributed by atoms with E-state index in [-0.39, 0.29) is 11.3 Å². The number of carbonyl (C=O) groups excluding carboxylic acids is 1. The van der Waals surface area contributed by atoms with Crippen LogP contribution >= 0.6 is 27.5 Å². The summed E-state index contributed by atoms with van der Waals surface area (Å²) in [5.41, 5.74) is 0.688. The van der Waals surface area contributed by atoms with Gasteiger partial charge in [-0.2, -0.15) is 0 Å². The number of nitrogens with one attached hydrogen (secondary N) is 1. The minimum absolute atomic E-state index is 0.127. The molecule has 0 bridgehead atoms. The van der Waals surface area contributed by atoms with Crippen LogP contribution in [-0.2, 0) is 0 Å². The van der Waals surface area contributed by atoms with Crippen molar-refractivity contribution in [3.63, 3.8) is 0 Å². The van der Waals surface area contributed by atoms with Crippen LogP contribution < -0.4 is 5.32 Å². The van der Waals surface area contributed by atoms with Gasteiger partial charge in [0.1, 0.15) is 5.69 Å². The van der Waals surface area contributed by atoms with Crippen molar-refractivity contribution in [2.24, 2.45) is 5.41 Å². The average Bonchev–Trinajstić information content (AvgIpc) is 3.08. The molecule has 0 unspecified atom stereocenters. The fourth-order valence-electron chi connectivity index (χ4n) is 1.80. The Bertz CT molecular complexity index is 421. The topological polar surface area (TPSA) is 42.0 Å². The van der Waals surface area contributed by atoms with Gasteiger partial charge >= 0.3 is 0 Å². The molecule has 0 aliphatic heterocycles. The summed E-state index contributed by atoms with van der Waals surface area (Å²) < 4.78 is 0.722. The molecule has 3 nitrogen and oxygen atoms in total. The lowest BCUT2D eigenvalue weighted by Crippen LogP contribution is -2.31. The Kier molecular flexibility index (Phi) is 4.05. The van der Waals surface area contributed by atoms with E-state index in [1.54, 1.807) is 12.3 Å². The van der Waals surface area contributed by atoms with Gasteiger partial charge in [0.05, 0.1) is 0 Å². The highest BCUT2D eigenvalue weighted by Crippen LogP contribution is 2.48. The van der Waals surface area contributed by atoms with E-state index in [2.05, 4.69) is 26.2 Å².